The van der Waals surface area contributed by atoms with Gasteiger partial charge >= 0.3 is 5.97 Å². The third-order valence-corrected chi connectivity index (χ3v) is 4.83. The summed E-state index contributed by atoms with van der Waals surface area (Å²) in [4.78, 5) is 41.8. The molecule has 2 rings (SSSR count). The molecule has 2 aromatic heterocycles. The molecule has 1 N–H and O–H groups in total. The molecule has 1 atom stereocenters. The van der Waals surface area contributed by atoms with Gasteiger partial charge in [-0.05, 0) is 26.3 Å². The van der Waals surface area contributed by atoms with E-state index < -0.39 is 24.3 Å². The van der Waals surface area contributed by atoms with Gasteiger partial charge in [0.05, 0.1) is 17.8 Å². The first-order valence-electron chi connectivity index (χ1n) is 7.34. The molecule has 0 aliphatic heterocycles. The lowest BCUT2D eigenvalue weighted by Crippen LogP contribution is -2.29. The molecule has 0 fully saturated rings. The van der Waals surface area contributed by atoms with Crippen molar-refractivity contribution in [2.75, 3.05) is 6.61 Å². The number of ketones is 1. The van der Waals surface area contributed by atoms with Crippen LogP contribution in [0.4, 0.5) is 0 Å². The van der Waals surface area contributed by atoms with Crippen LogP contribution < -0.4 is 5.56 Å². The molecule has 25 heavy (non-hydrogen) atoms. The number of carbonyl (C=O) groups is 2. The largest absolute Gasteiger partial charge is 0.456 e. The molecular weight excluding hydrogens is 344 g/mol. The van der Waals surface area contributed by atoms with Crippen LogP contribution in [0.2, 0.25) is 0 Å². The van der Waals surface area contributed by atoms with Crippen LogP contribution in [0.1, 0.15) is 17.4 Å². The Labute approximate surface area is 147 Å². The number of nitrogens with one attached hydrogen (secondary N) is 1. The van der Waals surface area contributed by atoms with Crippen molar-refractivity contribution in [2.24, 2.45) is 5.92 Å². The Balaban J connectivity index is 2.10. The molecule has 0 aliphatic carbocycles. The number of aryl methyl sites for hydroxylation is 2. The predicted molar refractivity (Wildman–Crippen MR) is 91.8 cm³/mol. The van der Waals surface area contributed by atoms with E-state index in [-0.39, 0.29) is 17.8 Å². The van der Waals surface area contributed by atoms with Crippen LogP contribution in [-0.2, 0) is 20.9 Å². The average molecular weight is 360 g/mol. The predicted octanol–water partition coefficient (Wildman–Crippen LogP) is 1.37. The zero-order chi connectivity index (χ0) is 18.7. The number of esters is 1. The average Bonchev–Trinajstić information content (AvgIpc) is 2.84. The number of nitriles is 1. The van der Waals surface area contributed by atoms with Gasteiger partial charge in [0.25, 0.3) is 5.56 Å². The van der Waals surface area contributed by atoms with Gasteiger partial charge in [0.15, 0.2) is 12.4 Å². The van der Waals surface area contributed by atoms with Gasteiger partial charge in [-0.1, -0.05) is 0 Å². The highest BCUT2D eigenvalue weighted by atomic mass is 32.1. The normalized spacial score (nSPS) is 11.8. The lowest BCUT2D eigenvalue weighted by Gasteiger charge is -2.08. The number of Topliss-reactive ketones (excluding diaryl/α,β-unsaturated/α-hetero) is 1. The molecule has 0 spiro atoms. The molecule has 8 nitrogen and oxygen atoms in total. The number of hydrogen-bond donors (Lipinski definition) is 1. The fraction of sp³-hybridized carbons (Fsp3) is 0.375. The Bertz CT molecular complexity index is 967. The zero-order valence-corrected chi connectivity index (χ0v) is 14.8. The number of carbonyl (C=O) groups excluding carboxylic acids is 2. The lowest BCUT2D eigenvalue weighted by molar-refractivity contribution is -0.148. The third-order valence-electron chi connectivity index (χ3n) is 3.71. The Morgan fingerprint density at radius 1 is 1.48 bits per heavy atom. The highest BCUT2D eigenvalue weighted by Gasteiger charge is 2.22. The van der Waals surface area contributed by atoms with Crippen molar-refractivity contribution < 1.29 is 14.3 Å². The van der Waals surface area contributed by atoms with Crippen LogP contribution in [-0.4, -0.2) is 33.6 Å². The summed E-state index contributed by atoms with van der Waals surface area (Å²) in [6.07, 6.45) is 1.27. The van der Waals surface area contributed by atoms with Crippen molar-refractivity contribution in [2.45, 2.75) is 27.3 Å². The number of hydrogen-bond acceptors (Lipinski definition) is 8. The van der Waals surface area contributed by atoms with Gasteiger partial charge in [0, 0.05) is 10.6 Å². The summed E-state index contributed by atoms with van der Waals surface area (Å²) >= 11 is 1.41. The van der Waals surface area contributed by atoms with E-state index in [4.69, 9.17) is 15.4 Å². The van der Waals surface area contributed by atoms with Crippen LogP contribution in [0.3, 0.4) is 0 Å². The molecule has 130 valence electrons. The van der Waals surface area contributed by atoms with Crippen molar-refractivity contribution in [1.29, 1.82) is 10.7 Å². The first kappa shape index (κ1) is 18.5. The van der Waals surface area contributed by atoms with Crippen LogP contribution in [0.15, 0.2) is 11.1 Å². The maximum atomic E-state index is 12.5. The minimum Gasteiger partial charge on any atom is -0.456 e. The Morgan fingerprint density at radius 3 is 2.76 bits per heavy atom. The highest BCUT2D eigenvalue weighted by Crippen LogP contribution is 2.25. The molecule has 0 bridgehead atoms. The van der Waals surface area contributed by atoms with Crippen molar-refractivity contribution in [3.8, 4) is 6.07 Å². The number of ether oxygens (including phenoxy) is 1. The number of rotatable bonds is 6. The second kappa shape index (κ2) is 7.36. The number of fused-ring (bicyclic) bond motifs is 1. The monoisotopic (exact) mass is 360 g/mol. The van der Waals surface area contributed by atoms with Crippen LogP contribution in [0.25, 0.3) is 10.2 Å². The molecule has 0 aromatic carbocycles. The summed E-state index contributed by atoms with van der Waals surface area (Å²) in [6.45, 7) is 4.04. The van der Waals surface area contributed by atoms with Crippen LogP contribution >= 0.6 is 11.3 Å². The number of nitrogens with zero attached hydrogens (tertiary/aromatic N) is 3. The summed E-state index contributed by atoms with van der Waals surface area (Å²) in [5.74, 6) is -2.70. The minimum atomic E-state index is -1.23. The molecule has 0 saturated heterocycles. The van der Waals surface area contributed by atoms with Crippen molar-refractivity contribution in [3.05, 3.63) is 27.1 Å². The lowest BCUT2D eigenvalue weighted by atomic mass is 10.0. The standard InChI is InChI=1S/C16H16N4O4S/c1-8-10(3)25-15-14(8)16(23)20(7-19-15)5-13(22)24-6-12(21)11(4-17)9(2)18/h7,11,18H,5-6H2,1-3H3/t11-/m1/s1. The van der Waals surface area contributed by atoms with Gasteiger partial charge in [0.1, 0.15) is 17.3 Å². The Hall–Kier alpha value is -2.86. The maximum absolute atomic E-state index is 12.5. The second-order valence-electron chi connectivity index (χ2n) is 5.51. The number of thiophene rings is 1. The van der Waals surface area contributed by atoms with E-state index in [2.05, 4.69) is 4.98 Å². The van der Waals surface area contributed by atoms with E-state index in [1.165, 1.54) is 24.6 Å². The van der Waals surface area contributed by atoms with Crippen molar-refractivity contribution >= 4 is 39.0 Å². The van der Waals surface area contributed by atoms with E-state index >= 15 is 0 Å². The van der Waals surface area contributed by atoms with Gasteiger partial charge in [-0.2, -0.15) is 5.26 Å². The molecule has 0 radical (unpaired) electrons. The smallest absolute Gasteiger partial charge is 0.326 e. The molecular formula is C16H16N4O4S. The quantitative estimate of drug-likeness (QED) is 0.612. The Kier molecular flexibility index (Phi) is 5.44. The second-order valence-corrected chi connectivity index (χ2v) is 6.72. The van der Waals surface area contributed by atoms with Crippen molar-refractivity contribution in [3.63, 3.8) is 0 Å². The first-order chi connectivity index (χ1) is 11.8. The fourth-order valence-corrected chi connectivity index (χ4v) is 3.20. The summed E-state index contributed by atoms with van der Waals surface area (Å²) in [5.41, 5.74) is 0.367. The maximum Gasteiger partial charge on any atom is 0.326 e. The van der Waals surface area contributed by atoms with Gasteiger partial charge in [0.2, 0.25) is 0 Å². The molecule has 9 heteroatoms. The minimum absolute atomic E-state index is 0.113. The van der Waals surface area contributed by atoms with Crippen LogP contribution in [0.5, 0.6) is 0 Å². The molecule has 2 aromatic rings. The summed E-state index contributed by atoms with van der Waals surface area (Å²) < 4.78 is 5.95. The van der Waals surface area contributed by atoms with Gasteiger partial charge in [-0.25, -0.2) is 4.98 Å². The molecule has 0 unspecified atom stereocenters. The van der Waals surface area contributed by atoms with Crippen LogP contribution in [0, 0.1) is 36.5 Å². The SMILES string of the molecule is CC(=N)[C@@H](C#N)C(=O)COC(=O)Cn1cnc2sc(C)c(C)c2c1=O. The zero-order valence-electron chi connectivity index (χ0n) is 14.0. The summed E-state index contributed by atoms with van der Waals surface area (Å²) in [7, 11) is 0. The van der Waals surface area contributed by atoms with Gasteiger partial charge in [-0.3, -0.25) is 19.0 Å². The van der Waals surface area contributed by atoms with E-state index in [0.29, 0.717) is 10.2 Å². The van der Waals surface area contributed by atoms with Gasteiger partial charge < -0.3 is 10.1 Å². The first-order valence-corrected chi connectivity index (χ1v) is 8.16. The molecule has 0 amide bonds. The number of aromatic nitrogens is 2. The summed E-state index contributed by atoms with van der Waals surface area (Å²) in [5, 5.41) is 16.6. The van der Waals surface area contributed by atoms with E-state index in [0.717, 1.165) is 15.0 Å². The Morgan fingerprint density at radius 2 is 2.16 bits per heavy atom. The topological polar surface area (TPSA) is 126 Å². The third kappa shape index (κ3) is 3.80. The van der Waals surface area contributed by atoms with Gasteiger partial charge in [-0.15, -0.1) is 11.3 Å². The van der Waals surface area contributed by atoms with Crippen molar-refractivity contribution in [1.82, 2.24) is 9.55 Å². The summed E-state index contributed by atoms with van der Waals surface area (Å²) in [6, 6.07) is 1.68. The van der Waals surface area contributed by atoms with E-state index in [1.54, 1.807) is 6.07 Å². The molecule has 0 saturated carbocycles. The molecule has 2 heterocycles. The van der Waals surface area contributed by atoms with E-state index in [1.807, 2.05) is 13.8 Å². The fourth-order valence-electron chi connectivity index (χ4n) is 2.21. The molecule has 0 aliphatic rings. The highest BCUT2D eigenvalue weighted by molar-refractivity contribution is 7.18. The van der Waals surface area contributed by atoms with E-state index in [9.17, 15) is 14.4 Å².